The normalized spacial score (nSPS) is 38.9. The molecule has 2 aliphatic rings. The van der Waals surface area contributed by atoms with Crippen LogP contribution in [0.25, 0.3) is 0 Å². The van der Waals surface area contributed by atoms with Crippen LogP contribution in [0.5, 0.6) is 0 Å². The molecular formula is C7H12N2O. The lowest BCUT2D eigenvalue weighted by Gasteiger charge is -2.13. The Morgan fingerprint density at radius 3 is 3.10 bits per heavy atom. The molecule has 3 heteroatoms. The first kappa shape index (κ1) is 6.16. The highest BCUT2D eigenvalue weighted by Crippen LogP contribution is 2.27. The Bertz CT molecular complexity index is 169. The van der Waals surface area contributed by atoms with Crippen LogP contribution >= 0.6 is 0 Å². The highest BCUT2D eigenvalue weighted by molar-refractivity contribution is 5.84. The highest BCUT2D eigenvalue weighted by Gasteiger charge is 2.39. The molecule has 0 aromatic heterocycles. The monoisotopic (exact) mass is 140 g/mol. The summed E-state index contributed by atoms with van der Waals surface area (Å²) in [5, 5.41) is 0. The molecule has 0 spiro atoms. The van der Waals surface area contributed by atoms with Crippen LogP contribution in [-0.2, 0) is 4.79 Å². The van der Waals surface area contributed by atoms with Crippen molar-refractivity contribution < 1.29 is 4.79 Å². The number of amides is 1. The molecule has 1 amide bonds. The second kappa shape index (κ2) is 1.95. The van der Waals surface area contributed by atoms with Crippen molar-refractivity contribution >= 4 is 5.91 Å². The van der Waals surface area contributed by atoms with Gasteiger partial charge in [0, 0.05) is 12.6 Å². The average molecular weight is 140 g/mol. The number of nitrogens with two attached hydrogens (primary N) is 1. The van der Waals surface area contributed by atoms with Gasteiger partial charge in [-0.25, -0.2) is 0 Å². The molecule has 2 atom stereocenters. The second-order valence-electron chi connectivity index (χ2n) is 3.17. The molecule has 2 saturated heterocycles. The summed E-state index contributed by atoms with van der Waals surface area (Å²) >= 11 is 0. The average Bonchev–Trinajstić information content (AvgIpc) is 2.41. The van der Waals surface area contributed by atoms with Crippen molar-refractivity contribution in [3.8, 4) is 0 Å². The quantitative estimate of drug-likeness (QED) is 0.502. The first-order valence-corrected chi connectivity index (χ1v) is 3.85. The van der Waals surface area contributed by atoms with Gasteiger partial charge in [0.2, 0.25) is 5.91 Å². The minimum atomic E-state index is -0.190. The number of rotatable bonds is 0. The number of hydrogen-bond donors (Lipinski definition) is 1. The standard InChI is InChI=1S/C7H12N2O/c8-6-4-5-2-1-3-9(5)7(6)10/h5-6H,1-4,8H2/t5-,6?/m0/s1. The van der Waals surface area contributed by atoms with Gasteiger partial charge in [-0.2, -0.15) is 0 Å². The first-order chi connectivity index (χ1) is 4.79. The van der Waals surface area contributed by atoms with Crippen molar-refractivity contribution in [2.75, 3.05) is 6.54 Å². The number of fused-ring (bicyclic) bond motifs is 1. The van der Waals surface area contributed by atoms with E-state index >= 15 is 0 Å². The van der Waals surface area contributed by atoms with Crippen molar-refractivity contribution in [3.63, 3.8) is 0 Å². The lowest BCUT2D eigenvalue weighted by atomic mass is 10.1. The largest absolute Gasteiger partial charge is 0.338 e. The van der Waals surface area contributed by atoms with Gasteiger partial charge in [0.25, 0.3) is 0 Å². The van der Waals surface area contributed by atoms with E-state index in [-0.39, 0.29) is 11.9 Å². The molecule has 3 nitrogen and oxygen atoms in total. The fourth-order valence-corrected chi connectivity index (χ4v) is 1.98. The fourth-order valence-electron chi connectivity index (χ4n) is 1.98. The van der Waals surface area contributed by atoms with E-state index in [0.29, 0.717) is 6.04 Å². The Morgan fingerprint density at radius 1 is 1.60 bits per heavy atom. The molecular weight excluding hydrogens is 128 g/mol. The molecule has 56 valence electrons. The van der Waals surface area contributed by atoms with Gasteiger partial charge in [0.15, 0.2) is 0 Å². The molecule has 10 heavy (non-hydrogen) atoms. The van der Waals surface area contributed by atoms with Crippen molar-refractivity contribution in [3.05, 3.63) is 0 Å². The number of nitrogens with zero attached hydrogens (tertiary/aromatic N) is 1. The van der Waals surface area contributed by atoms with E-state index < -0.39 is 0 Å². The molecule has 2 heterocycles. The summed E-state index contributed by atoms with van der Waals surface area (Å²) in [6.07, 6.45) is 3.22. The third-order valence-electron chi connectivity index (χ3n) is 2.50. The first-order valence-electron chi connectivity index (χ1n) is 3.85. The number of hydrogen-bond acceptors (Lipinski definition) is 2. The molecule has 2 rings (SSSR count). The molecule has 0 aliphatic carbocycles. The smallest absolute Gasteiger partial charge is 0.239 e. The van der Waals surface area contributed by atoms with Crippen molar-refractivity contribution in [2.45, 2.75) is 31.3 Å². The zero-order valence-electron chi connectivity index (χ0n) is 5.92. The summed E-state index contributed by atoms with van der Waals surface area (Å²) in [6.45, 7) is 0.942. The summed E-state index contributed by atoms with van der Waals surface area (Å²) in [6, 6.07) is 0.299. The van der Waals surface area contributed by atoms with Gasteiger partial charge in [-0.1, -0.05) is 0 Å². The van der Waals surface area contributed by atoms with E-state index in [0.717, 1.165) is 13.0 Å². The minimum Gasteiger partial charge on any atom is -0.338 e. The van der Waals surface area contributed by atoms with E-state index in [2.05, 4.69) is 0 Å². The zero-order chi connectivity index (χ0) is 7.14. The van der Waals surface area contributed by atoms with Crippen LogP contribution in [-0.4, -0.2) is 29.4 Å². The summed E-state index contributed by atoms with van der Waals surface area (Å²) < 4.78 is 0. The van der Waals surface area contributed by atoms with Crippen LogP contribution in [0.4, 0.5) is 0 Å². The molecule has 0 aromatic carbocycles. The van der Waals surface area contributed by atoms with E-state index in [1.807, 2.05) is 4.90 Å². The third kappa shape index (κ3) is 0.669. The lowest BCUT2D eigenvalue weighted by molar-refractivity contribution is -0.128. The maximum atomic E-state index is 11.2. The van der Waals surface area contributed by atoms with Gasteiger partial charge in [-0.15, -0.1) is 0 Å². The van der Waals surface area contributed by atoms with Crippen molar-refractivity contribution in [1.82, 2.24) is 4.90 Å². The van der Waals surface area contributed by atoms with Gasteiger partial charge in [-0.3, -0.25) is 4.79 Å². The van der Waals surface area contributed by atoms with Crippen LogP contribution in [0, 0.1) is 0 Å². The molecule has 2 aliphatic heterocycles. The highest BCUT2D eigenvalue weighted by atomic mass is 16.2. The molecule has 0 radical (unpaired) electrons. The summed E-state index contributed by atoms with van der Waals surface area (Å²) in [7, 11) is 0. The fraction of sp³-hybridized carbons (Fsp3) is 0.857. The topological polar surface area (TPSA) is 46.3 Å². The van der Waals surface area contributed by atoms with Crippen molar-refractivity contribution in [1.29, 1.82) is 0 Å². The van der Waals surface area contributed by atoms with Gasteiger partial charge in [-0.05, 0) is 19.3 Å². The molecule has 0 bridgehead atoms. The Morgan fingerprint density at radius 2 is 2.40 bits per heavy atom. The number of carbonyl (C=O) groups is 1. The second-order valence-corrected chi connectivity index (χ2v) is 3.17. The molecule has 2 N–H and O–H groups in total. The van der Waals surface area contributed by atoms with Gasteiger partial charge >= 0.3 is 0 Å². The Labute approximate surface area is 60.2 Å². The lowest BCUT2D eigenvalue weighted by Crippen LogP contribution is -2.33. The maximum absolute atomic E-state index is 11.2. The Balaban J connectivity index is 2.17. The number of carbonyl (C=O) groups excluding carboxylic acids is 1. The molecule has 2 fully saturated rings. The minimum absolute atomic E-state index is 0.169. The predicted octanol–water partition coefficient (Wildman–Crippen LogP) is -0.292. The van der Waals surface area contributed by atoms with E-state index in [1.54, 1.807) is 0 Å². The van der Waals surface area contributed by atoms with Crippen LogP contribution < -0.4 is 5.73 Å². The van der Waals surface area contributed by atoms with Gasteiger partial charge < -0.3 is 10.6 Å². The Hall–Kier alpha value is -0.570. The maximum Gasteiger partial charge on any atom is 0.239 e. The summed E-state index contributed by atoms with van der Waals surface area (Å²) in [5.74, 6) is 0.169. The SMILES string of the molecule is NC1C[C@@H]2CCCN2C1=O. The van der Waals surface area contributed by atoms with Crippen LogP contribution in [0.15, 0.2) is 0 Å². The zero-order valence-corrected chi connectivity index (χ0v) is 5.92. The van der Waals surface area contributed by atoms with Crippen molar-refractivity contribution in [2.24, 2.45) is 5.73 Å². The summed E-state index contributed by atoms with van der Waals surface area (Å²) in [4.78, 5) is 13.1. The summed E-state index contributed by atoms with van der Waals surface area (Å²) in [5.41, 5.74) is 5.58. The molecule has 0 aromatic rings. The predicted molar refractivity (Wildman–Crippen MR) is 37.3 cm³/mol. The molecule has 1 unspecified atom stereocenters. The third-order valence-corrected chi connectivity index (χ3v) is 2.50. The molecule has 0 saturated carbocycles. The van der Waals surface area contributed by atoms with Crippen LogP contribution in [0.2, 0.25) is 0 Å². The van der Waals surface area contributed by atoms with E-state index in [1.165, 1.54) is 12.8 Å². The Kier molecular flexibility index (Phi) is 1.20. The van der Waals surface area contributed by atoms with E-state index in [4.69, 9.17) is 5.73 Å². The van der Waals surface area contributed by atoms with Crippen LogP contribution in [0.1, 0.15) is 19.3 Å². The van der Waals surface area contributed by atoms with Crippen LogP contribution in [0.3, 0.4) is 0 Å². The van der Waals surface area contributed by atoms with Gasteiger partial charge in [0.05, 0.1) is 6.04 Å². The van der Waals surface area contributed by atoms with E-state index in [9.17, 15) is 4.79 Å². The van der Waals surface area contributed by atoms with Gasteiger partial charge in [0.1, 0.15) is 0 Å².